The Balaban J connectivity index is 1.52. The van der Waals surface area contributed by atoms with Crippen molar-refractivity contribution in [1.29, 1.82) is 0 Å². The van der Waals surface area contributed by atoms with Gasteiger partial charge in [-0.15, -0.1) is 0 Å². The molecule has 3 nitrogen and oxygen atoms in total. The van der Waals surface area contributed by atoms with Crippen LogP contribution in [0, 0.1) is 0 Å². The highest BCUT2D eigenvalue weighted by Crippen LogP contribution is 2.18. The van der Waals surface area contributed by atoms with Gasteiger partial charge >= 0.3 is 0 Å². The van der Waals surface area contributed by atoms with Crippen molar-refractivity contribution in [2.24, 2.45) is 0 Å². The van der Waals surface area contributed by atoms with Crippen molar-refractivity contribution in [3.8, 4) is 0 Å². The predicted octanol–water partition coefficient (Wildman–Crippen LogP) is 3.85. The van der Waals surface area contributed by atoms with Crippen LogP contribution in [-0.2, 0) is 17.6 Å². The summed E-state index contributed by atoms with van der Waals surface area (Å²) >= 11 is 0. The van der Waals surface area contributed by atoms with Crippen molar-refractivity contribution in [2.75, 3.05) is 0 Å². The molecule has 3 heteroatoms. The fraction of sp³-hybridized carbons (Fsp3) is 0.250. The molecule has 0 saturated heterocycles. The highest BCUT2D eigenvalue weighted by molar-refractivity contribution is 5.88. The number of aryl methyl sites for hydroxylation is 1. The first-order valence-corrected chi connectivity index (χ1v) is 8.10. The summed E-state index contributed by atoms with van der Waals surface area (Å²) in [5, 5.41) is 4.22. The first kappa shape index (κ1) is 15.3. The number of amides is 1. The quantitative estimate of drug-likeness (QED) is 0.714. The first-order chi connectivity index (χ1) is 11.2. The second-order valence-electron chi connectivity index (χ2n) is 6.03. The van der Waals surface area contributed by atoms with Crippen LogP contribution < -0.4 is 5.32 Å². The standard InChI is InChI=1S/C20H22N2O/c1-15(11-12-16-7-3-2-4-8-16)22-20(23)13-17-14-21-19-10-6-5-9-18(17)19/h2-10,14-15,21H,11-13H2,1H3,(H,22,23)/t15-/m1/s1. The van der Waals surface area contributed by atoms with E-state index >= 15 is 0 Å². The van der Waals surface area contributed by atoms with Gasteiger partial charge in [0.25, 0.3) is 0 Å². The maximum Gasteiger partial charge on any atom is 0.224 e. The zero-order valence-electron chi connectivity index (χ0n) is 13.4. The fourth-order valence-corrected chi connectivity index (χ4v) is 2.88. The van der Waals surface area contributed by atoms with Crippen molar-refractivity contribution >= 4 is 16.8 Å². The number of hydrogen-bond acceptors (Lipinski definition) is 1. The van der Waals surface area contributed by atoms with E-state index in [2.05, 4.69) is 41.5 Å². The van der Waals surface area contributed by atoms with Gasteiger partial charge < -0.3 is 10.3 Å². The van der Waals surface area contributed by atoms with E-state index in [-0.39, 0.29) is 11.9 Å². The van der Waals surface area contributed by atoms with Crippen molar-refractivity contribution < 1.29 is 4.79 Å². The Hall–Kier alpha value is -2.55. The van der Waals surface area contributed by atoms with E-state index in [9.17, 15) is 4.79 Å². The maximum atomic E-state index is 12.3. The van der Waals surface area contributed by atoms with Crippen LogP contribution in [0.4, 0.5) is 0 Å². The van der Waals surface area contributed by atoms with Crippen LogP contribution in [0.5, 0.6) is 0 Å². The molecule has 23 heavy (non-hydrogen) atoms. The maximum absolute atomic E-state index is 12.3. The number of rotatable bonds is 6. The molecule has 0 aliphatic carbocycles. The van der Waals surface area contributed by atoms with Gasteiger partial charge in [-0.05, 0) is 37.0 Å². The van der Waals surface area contributed by atoms with E-state index < -0.39 is 0 Å². The van der Waals surface area contributed by atoms with E-state index in [0.717, 1.165) is 29.3 Å². The summed E-state index contributed by atoms with van der Waals surface area (Å²) in [5.74, 6) is 0.0790. The highest BCUT2D eigenvalue weighted by Gasteiger charge is 2.11. The van der Waals surface area contributed by atoms with Gasteiger partial charge in [-0.3, -0.25) is 4.79 Å². The third-order valence-corrected chi connectivity index (χ3v) is 4.14. The molecule has 0 saturated carbocycles. The van der Waals surface area contributed by atoms with Crippen LogP contribution in [0.3, 0.4) is 0 Å². The minimum Gasteiger partial charge on any atom is -0.361 e. The van der Waals surface area contributed by atoms with Crippen LogP contribution >= 0.6 is 0 Å². The Labute approximate surface area is 136 Å². The zero-order valence-corrected chi connectivity index (χ0v) is 13.4. The number of aromatic nitrogens is 1. The Bertz CT molecular complexity index is 776. The van der Waals surface area contributed by atoms with Gasteiger partial charge in [-0.25, -0.2) is 0 Å². The van der Waals surface area contributed by atoms with Gasteiger partial charge in [-0.1, -0.05) is 48.5 Å². The number of nitrogens with one attached hydrogen (secondary N) is 2. The monoisotopic (exact) mass is 306 g/mol. The van der Waals surface area contributed by atoms with Gasteiger partial charge in [0, 0.05) is 23.1 Å². The number of carbonyl (C=O) groups is 1. The Morgan fingerprint density at radius 2 is 1.83 bits per heavy atom. The van der Waals surface area contributed by atoms with Crippen LogP contribution in [-0.4, -0.2) is 16.9 Å². The molecule has 0 spiro atoms. The van der Waals surface area contributed by atoms with Crippen LogP contribution in [0.2, 0.25) is 0 Å². The van der Waals surface area contributed by atoms with E-state index in [4.69, 9.17) is 0 Å². The third kappa shape index (κ3) is 4.01. The third-order valence-electron chi connectivity index (χ3n) is 4.14. The van der Waals surface area contributed by atoms with Crippen LogP contribution in [0.25, 0.3) is 10.9 Å². The second-order valence-corrected chi connectivity index (χ2v) is 6.03. The largest absolute Gasteiger partial charge is 0.361 e. The van der Waals surface area contributed by atoms with Crippen molar-refractivity contribution in [2.45, 2.75) is 32.2 Å². The lowest BCUT2D eigenvalue weighted by atomic mass is 10.1. The smallest absolute Gasteiger partial charge is 0.224 e. The van der Waals surface area contributed by atoms with Crippen molar-refractivity contribution in [1.82, 2.24) is 10.3 Å². The molecule has 1 amide bonds. The summed E-state index contributed by atoms with van der Waals surface area (Å²) in [5.41, 5.74) is 3.44. The Morgan fingerprint density at radius 1 is 1.09 bits per heavy atom. The lowest BCUT2D eigenvalue weighted by Gasteiger charge is -2.13. The summed E-state index contributed by atoms with van der Waals surface area (Å²) in [4.78, 5) is 15.5. The Kier molecular flexibility index (Phi) is 4.77. The lowest BCUT2D eigenvalue weighted by Crippen LogP contribution is -2.34. The van der Waals surface area contributed by atoms with Gasteiger partial charge in [-0.2, -0.15) is 0 Å². The minimum absolute atomic E-state index is 0.0790. The number of aromatic amines is 1. The highest BCUT2D eigenvalue weighted by atomic mass is 16.1. The van der Waals surface area contributed by atoms with Gasteiger partial charge in [0.15, 0.2) is 0 Å². The number of para-hydroxylation sites is 1. The average molecular weight is 306 g/mol. The summed E-state index contributed by atoms with van der Waals surface area (Å²) in [7, 11) is 0. The molecule has 1 heterocycles. The van der Waals surface area contributed by atoms with Gasteiger partial charge in [0.1, 0.15) is 0 Å². The fourth-order valence-electron chi connectivity index (χ4n) is 2.88. The van der Waals surface area contributed by atoms with E-state index in [0.29, 0.717) is 6.42 Å². The van der Waals surface area contributed by atoms with E-state index in [1.54, 1.807) is 0 Å². The number of H-pyrrole nitrogens is 1. The average Bonchev–Trinajstić information content (AvgIpc) is 2.97. The number of benzene rings is 2. The van der Waals surface area contributed by atoms with Gasteiger partial charge in [0.05, 0.1) is 6.42 Å². The van der Waals surface area contributed by atoms with Crippen LogP contribution in [0.15, 0.2) is 60.8 Å². The molecule has 0 aliphatic rings. The molecule has 0 unspecified atom stereocenters. The number of carbonyl (C=O) groups excluding carboxylic acids is 1. The van der Waals surface area contributed by atoms with E-state index in [1.807, 2.05) is 36.5 Å². The molecule has 1 aromatic heterocycles. The zero-order chi connectivity index (χ0) is 16.1. The first-order valence-electron chi connectivity index (χ1n) is 8.10. The molecule has 2 N–H and O–H groups in total. The summed E-state index contributed by atoms with van der Waals surface area (Å²) < 4.78 is 0. The molecule has 3 rings (SSSR count). The van der Waals surface area contributed by atoms with Crippen molar-refractivity contribution in [3.05, 3.63) is 71.9 Å². The normalized spacial score (nSPS) is 12.2. The molecule has 118 valence electrons. The molecule has 0 aliphatic heterocycles. The summed E-state index contributed by atoms with van der Waals surface area (Å²) in [6, 6.07) is 18.6. The summed E-state index contributed by atoms with van der Waals surface area (Å²) in [6.07, 6.45) is 4.28. The molecule has 0 radical (unpaired) electrons. The molecule has 3 aromatic rings. The minimum atomic E-state index is 0.0790. The SMILES string of the molecule is C[C@H](CCc1ccccc1)NC(=O)Cc1c[nH]c2ccccc12. The number of hydrogen-bond donors (Lipinski definition) is 2. The molecule has 1 atom stereocenters. The molecular weight excluding hydrogens is 284 g/mol. The summed E-state index contributed by atoms with van der Waals surface area (Å²) in [6.45, 7) is 2.07. The van der Waals surface area contributed by atoms with Gasteiger partial charge in [0.2, 0.25) is 5.91 Å². The molecule has 0 fully saturated rings. The topological polar surface area (TPSA) is 44.9 Å². The molecule has 0 bridgehead atoms. The molecular formula is C20H22N2O. The van der Waals surface area contributed by atoms with E-state index in [1.165, 1.54) is 5.56 Å². The predicted molar refractivity (Wildman–Crippen MR) is 94.4 cm³/mol. The Morgan fingerprint density at radius 3 is 2.65 bits per heavy atom. The second kappa shape index (κ2) is 7.14. The van der Waals surface area contributed by atoms with Crippen molar-refractivity contribution in [3.63, 3.8) is 0 Å². The lowest BCUT2D eigenvalue weighted by molar-refractivity contribution is -0.121. The molecule has 2 aromatic carbocycles. The van der Waals surface area contributed by atoms with Crippen LogP contribution in [0.1, 0.15) is 24.5 Å². The number of fused-ring (bicyclic) bond motifs is 1.